The summed E-state index contributed by atoms with van der Waals surface area (Å²) in [6, 6.07) is 0. The highest BCUT2D eigenvalue weighted by atomic mass is 16.4. The standard InChI is InChI=1S/C6H12NO2/c1-2-3-4-5-7-6(8)9/h2-5H2,1H3,(H,8,9). The molecule has 0 bridgehead atoms. The van der Waals surface area contributed by atoms with Gasteiger partial charge in [0.25, 0.3) is 0 Å². The summed E-state index contributed by atoms with van der Waals surface area (Å²) in [4.78, 5) is 9.80. The lowest BCUT2D eigenvalue weighted by Gasteiger charge is -1.93. The normalized spacial score (nSPS) is 9.00. The largest absolute Gasteiger partial charge is 0.464 e. The number of carboxylic acid groups (broad SMARTS) is 1. The van der Waals surface area contributed by atoms with Crippen LogP contribution >= 0.6 is 0 Å². The molecule has 0 spiro atoms. The van der Waals surface area contributed by atoms with Crippen molar-refractivity contribution in [3.63, 3.8) is 0 Å². The lowest BCUT2D eigenvalue weighted by Crippen LogP contribution is -2.13. The SMILES string of the molecule is CCCCC[N]C(=O)O. The summed E-state index contributed by atoms with van der Waals surface area (Å²) in [7, 11) is 0. The topological polar surface area (TPSA) is 51.4 Å². The molecule has 1 N–H and O–H groups in total. The molecule has 0 atom stereocenters. The Kier molecular flexibility index (Phi) is 4.97. The van der Waals surface area contributed by atoms with Gasteiger partial charge in [-0.2, -0.15) is 0 Å². The highest BCUT2D eigenvalue weighted by Crippen LogP contribution is 1.91. The predicted molar refractivity (Wildman–Crippen MR) is 34.6 cm³/mol. The first-order valence-corrected chi connectivity index (χ1v) is 3.17. The van der Waals surface area contributed by atoms with E-state index in [1.54, 1.807) is 0 Å². The molecule has 1 radical (unpaired) electrons. The molecule has 0 aliphatic rings. The van der Waals surface area contributed by atoms with Crippen LogP contribution in [0, 0.1) is 0 Å². The van der Waals surface area contributed by atoms with Crippen LogP contribution in [0.15, 0.2) is 0 Å². The average molecular weight is 130 g/mol. The smallest absolute Gasteiger partial charge is 0.426 e. The number of amides is 1. The summed E-state index contributed by atoms with van der Waals surface area (Å²) in [5, 5.41) is 11.3. The van der Waals surface area contributed by atoms with Crippen LogP contribution in [0.4, 0.5) is 4.79 Å². The molecule has 0 heterocycles. The fourth-order valence-electron chi connectivity index (χ4n) is 0.537. The Morgan fingerprint density at radius 2 is 2.22 bits per heavy atom. The van der Waals surface area contributed by atoms with Crippen LogP contribution in [0.3, 0.4) is 0 Å². The number of rotatable bonds is 4. The highest BCUT2D eigenvalue weighted by molar-refractivity contribution is 5.63. The summed E-state index contributed by atoms with van der Waals surface area (Å²) < 4.78 is 0. The zero-order valence-corrected chi connectivity index (χ0v) is 5.63. The Balaban J connectivity index is 2.83. The zero-order valence-electron chi connectivity index (χ0n) is 5.63. The Bertz CT molecular complexity index is 83.1. The van der Waals surface area contributed by atoms with Gasteiger partial charge in [0.05, 0.1) is 0 Å². The molecule has 0 fully saturated rings. The molecule has 3 nitrogen and oxygen atoms in total. The molecule has 1 amide bonds. The zero-order chi connectivity index (χ0) is 7.11. The van der Waals surface area contributed by atoms with Gasteiger partial charge in [0.2, 0.25) is 0 Å². The van der Waals surface area contributed by atoms with Crippen molar-refractivity contribution >= 4 is 6.09 Å². The first-order valence-electron chi connectivity index (χ1n) is 3.17. The van der Waals surface area contributed by atoms with Crippen LogP contribution in [0.2, 0.25) is 0 Å². The number of unbranched alkanes of at least 4 members (excludes halogenated alkanes) is 2. The molecule has 0 aliphatic heterocycles. The van der Waals surface area contributed by atoms with Gasteiger partial charge in [-0.05, 0) is 6.42 Å². The predicted octanol–water partition coefficient (Wildman–Crippen LogP) is 1.46. The van der Waals surface area contributed by atoms with Crippen molar-refractivity contribution in [1.82, 2.24) is 5.32 Å². The second-order valence-electron chi connectivity index (χ2n) is 1.87. The fourth-order valence-corrected chi connectivity index (χ4v) is 0.537. The van der Waals surface area contributed by atoms with E-state index in [9.17, 15) is 4.79 Å². The molecule has 0 aromatic rings. The Morgan fingerprint density at radius 3 is 2.67 bits per heavy atom. The third-order valence-electron chi connectivity index (χ3n) is 1.01. The minimum absolute atomic E-state index is 0.461. The minimum atomic E-state index is -1.05. The van der Waals surface area contributed by atoms with Gasteiger partial charge < -0.3 is 5.11 Å². The fraction of sp³-hybridized carbons (Fsp3) is 0.833. The van der Waals surface area contributed by atoms with E-state index in [0.29, 0.717) is 6.54 Å². The molecule has 3 heteroatoms. The third kappa shape index (κ3) is 7.27. The van der Waals surface area contributed by atoms with Gasteiger partial charge in [0, 0.05) is 6.54 Å². The van der Waals surface area contributed by atoms with E-state index in [1.165, 1.54) is 0 Å². The first-order chi connectivity index (χ1) is 4.27. The van der Waals surface area contributed by atoms with E-state index >= 15 is 0 Å². The van der Waals surface area contributed by atoms with Gasteiger partial charge in [-0.3, -0.25) is 0 Å². The van der Waals surface area contributed by atoms with Crippen molar-refractivity contribution in [2.24, 2.45) is 0 Å². The van der Waals surface area contributed by atoms with Gasteiger partial charge >= 0.3 is 6.09 Å². The van der Waals surface area contributed by atoms with Crippen molar-refractivity contribution in [3.8, 4) is 0 Å². The second kappa shape index (κ2) is 5.41. The molecule has 0 unspecified atom stereocenters. The Labute approximate surface area is 55.1 Å². The summed E-state index contributed by atoms with van der Waals surface area (Å²) in [6.45, 7) is 2.53. The maximum absolute atomic E-state index is 9.80. The quantitative estimate of drug-likeness (QED) is 0.585. The van der Waals surface area contributed by atoms with E-state index < -0.39 is 6.09 Å². The monoisotopic (exact) mass is 130 g/mol. The lowest BCUT2D eigenvalue weighted by atomic mass is 10.2. The van der Waals surface area contributed by atoms with E-state index in [1.807, 2.05) is 0 Å². The Morgan fingerprint density at radius 1 is 1.56 bits per heavy atom. The molecular formula is C6H12NO2. The van der Waals surface area contributed by atoms with E-state index in [-0.39, 0.29) is 0 Å². The van der Waals surface area contributed by atoms with Crippen molar-refractivity contribution in [2.45, 2.75) is 26.2 Å². The third-order valence-corrected chi connectivity index (χ3v) is 1.01. The van der Waals surface area contributed by atoms with Gasteiger partial charge in [0.1, 0.15) is 0 Å². The molecule has 0 saturated heterocycles. The van der Waals surface area contributed by atoms with Crippen LogP contribution in [-0.2, 0) is 0 Å². The van der Waals surface area contributed by atoms with Crippen LogP contribution in [0.1, 0.15) is 26.2 Å². The van der Waals surface area contributed by atoms with Crippen LogP contribution in [0.5, 0.6) is 0 Å². The molecule has 0 aromatic heterocycles. The van der Waals surface area contributed by atoms with Crippen molar-refractivity contribution < 1.29 is 9.90 Å². The summed E-state index contributed by atoms with van der Waals surface area (Å²) in [5.41, 5.74) is 0. The molecule has 0 aromatic carbocycles. The van der Waals surface area contributed by atoms with Crippen LogP contribution in [-0.4, -0.2) is 17.7 Å². The summed E-state index contributed by atoms with van der Waals surface area (Å²) in [5.74, 6) is 0. The van der Waals surface area contributed by atoms with E-state index in [4.69, 9.17) is 5.11 Å². The highest BCUT2D eigenvalue weighted by Gasteiger charge is 1.93. The van der Waals surface area contributed by atoms with E-state index in [0.717, 1.165) is 19.3 Å². The maximum atomic E-state index is 9.80. The average Bonchev–Trinajstić information content (AvgIpc) is 1.80. The number of nitrogens with zero attached hydrogens (tertiary/aromatic N) is 1. The van der Waals surface area contributed by atoms with Crippen molar-refractivity contribution in [1.29, 1.82) is 0 Å². The Hall–Kier alpha value is -0.730. The number of carbonyl (C=O) groups is 1. The molecule has 9 heavy (non-hydrogen) atoms. The second-order valence-corrected chi connectivity index (χ2v) is 1.87. The minimum Gasteiger partial charge on any atom is -0.464 e. The molecular weight excluding hydrogens is 118 g/mol. The first kappa shape index (κ1) is 8.27. The van der Waals surface area contributed by atoms with Crippen LogP contribution < -0.4 is 5.32 Å². The summed E-state index contributed by atoms with van der Waals surface area (Å²) >= 11 is 0. The van der Waals surface area contributed by atoms with Crippen molar-refractivity contribution in [2.75, 3.05) is 6.54 Å². The van der Waals surface area contributed by atoms with Gasteiger partial charge in [0.15, 0.2) is 0 Å². The van der Waals surface area contributed by atoms with Crippen LogP contribution in [0.25, 0.3) is 0 Å². The summed E-state index contributed by atoms with van der Waals surface area (Å²) in [6.07, 6.45) is 2.01. The molecule has 0 rings (SSSR count). The van der Waals surface area contributed by atoms with Gasteiger partial charge in [-0.15, -0.1) is 0 Å². The molecule has 0 saturated carbocycles. The lowest BCUT2D eigenvalue weighted by molar-refractivity contribution is 0.193. The molecule has 0 aliphatic carbocycles. The van der Waals surface area contributed by atoms with Crippen molar-refractivity contribution in [3.05, 3.63) is 0 Å². The maximum Gasteiger partial charge on any atom is 0.426 e. The van der Waals surface area contributed by atoms with Gasteiger partial charge in [-0.1, -0.05) is 19.8 Å². The number of hydrogen-bond acceptors (Lipinski definition) is 1. The number of hydrogen-bond donors (Lipinski definition) is 1. The van der Waals surface area contributed by atoms with E-state index in [2.05, 4.69) is 12.2 Å². The van der Waals surface area contributed by atoms with Gasteiger partial charge in [-0.25, -0.2) is 10.1 Å². The molecule has 53 valence electrons.